The third kappa shape index (κ3) is 4.61. The zero-order valence-corrected chi connectivity index (χ0v) is 25.4. The highest BCUT2D eigenvalue weighted by Crippen LogP contribution is 2.40. The number of ether oxygens (including phenoxy) is 1. The van der Waals surface area contributed by atoms with Gasteiger partial charge in [-0.05, 0) is 80.0 Å². The molecule has 2 aliphatic carbocycles. The average Bonchev–Trinajstić information content (AvgIpc) is 3.44. The summed E-state index contributed by atoms with van der Waals surface area (Å²) in [5, 5.41) is 3.62. The van der Waals surface area contributed by atoms with E-state index in [2.05, 4.69) is 26.6 Å². The smallest absolute Gasteiger partial charge is 0.316 e. The maximum absolute atomic E-state index is 13.7. The zero-order valence-electron chi connectivity index (χ0n) is 25.4. The molecule has 1 aliphatic heterocycles. The minimum Gasteiger partial charge on any atom is -0.494 e. The maximum atomic E-state index is 13.7. The molecule has 0 radical (unpaired) electrons. The average molecular weight is 605 g/mol. The Balaban J connectivity index is 1.20. The Kier molecular flexibility index (Phi) is 6.35. The van der Waals surface area contributed by atoms with Crippen LogP contribution >= 0.6 is 0 Å². The van der Waals surface area contributed by atoms with Crippen molar-refractivity contribution in [2.24, 2.45) is 30.4 Å². The first kappa shape index (κ1) is 27.6. The van der Waals surface area contributed by atoms with Gasteiger partial charge < -0.3 is 35.6 Å². The molecule has 230 valence electrons. The number of primary amides is 1. The highest BCUT2D eigenvalue weighted by molar-refractivity contribution is 6.00. The molecule has 11 heteroatoms. The van der Waals surface area contributed by atoms with Gasteiger partial charge in [-0.2, -0.15) is 0 Å². The number of imidazole rings is 1. The number of anilines is 1. The topological polar surface area (TPSA) is 146 Å². The number of aryl methyl sites for hydroxylation is 1. The van der Waals surface area contributed by atoms with Crippen molar-refractivity contribution in [1.29, 1.82) is 0 Å². The van der Waals surface area contributed by atoms with Crippen LogP contribution in [0, 0.1) is 11.8 Å². The van der Waals surface area contributed by atoms with Crippen LogP contribution in [0.15, 0.2) is 54.6 Å². The molecule has 3 aromatic heterocycles. The standard InChI is InChI=1S/C34H36N8O3/c1-40-30-25(13-22(15-28(30)45-2)33(43)42-17-21-8-12-26(42)29(21)35)39-32(40)27-14-20-7-11-24(38-31(20)41(27)16-18-3-4-18)19-5-9-23(10-6-19)37-34(36)44/h5-7,9-11,13-15,18,21,26,29H,3-4,8,12,16-17,35H2,1-2H3,(H3,36,37,44)/t21?,26?,29-/m1/s1. The summed E-state index contributed by atoms with van der Waals surface area (Å²) < 4.78 is 10.2. The minimum absolute atomic E-state index is 0.0110. The van der Waals surface area contributed by atoms with Crippen molar-refractivity contribution in [3.63, 3.8) is 0 Å². The number of rotatable bonds is 7. The third-order valence-corrected chi connectivity index (χ3v) is 9.87. The van der Waals surface area contributed by atoms with E-state index in [-0.39, 0.29) is 18.0 Å². The van der Waals surface area contributed by atoms with E-state index in [1.165, 1.54) is 12.8 Å². The van der Waals surface area contributed by atoms with Crippen LogP contribution in [0.25, 0.3) is 44.8 Å². The Morgan fingerprint density at radius 3 is 2.49 bits per heavy atom. The molecule has 3 aliphatic rings. The van der Waals surface area contributed by atoms with E-state index in [0.29, 0.717) is 40.9 Å². The number of urea groups is 1. The number of pyridine rings is 1. The summed E-state index contributed by atoms with van der Waals surface area (Å²) in [6.45, 7) is 1.56. The molecule has 5 N–H and O–H groups in total. The largest absolute Gasteiger partial charge is 0.494 e. The quantitative estimate of drug-likeness (QED) is 0.245. The molecule has 0 spiro atoms. The number of nitrogens with one attached hydrogen (secondary N) is 1. The van der Waals surface area contributed by atoms with Crippen LogP contribution in [0.3, 0.4) is 0 Å². The molecule has 3 amide bonds. The first-order valence-electron chi connectivity index (χ1n) is 15.6. The van der Waals surface area contributed by atoms with Gasteiger partial charge in [-0.3, -0.25) is 4.79 Å². The predicted octanol–water partition coefficient (Wildman–Crippen LogP) is 4.73. The zero-order chi connectivity index (χ0) is 31.0. The molecular weight excluding hydrogens is 568 g/mol. The van der Waals surface area contributed by atoms with Crippen LogP contribution in [0.4, 0.5) is 10.5 Å². The summed E-state index contributed by atoms with van der Waals surface area (Å²) in [6.07, 6.45) is 4.44. The number of fused-ring (bicyclic) bond motifs is 4. The number of benzene rings is 2. The molecule has 3 fully saturated rings. The van der Waals surface area contributed by atoms with Crippen LogP contribution in [-0.4, -0.2) is 61.7 Å². The van der Waals surface area contributed by atoms with Gasteiger partial charge in [0.2, 0.25) is 0 Å². The van der Waals surface area contributed by atoms with Gasteiger partial charge in [0, 0.05) is 54.4 Å². The number of carbonyl (C=O) groups is 2. The van der Waals surface area contributed by atoms with Gasteiger partial charge in [0.1, 0.15) is 16.9 Å². The van der Waals surface area contributed by atoms with Crippen molar-refractivity contribution in [2.45, 2.75) is 44.3 Å². The molecule has 2 unspecified atom stereocenters. The highest BCUT2D eigenvalue weighted by Gasteiger charge is 2.47. The number of aromatic nitrogens is 4. The van der Waals surface area contributed by atoms with Crippen molar-refractivity contribution >= 4 is 39.7 Å². The van der Waals surface area contributed by atoms with E-state index in [9.17, 15) is 9.59 Å². The van der Waals surface area contributed by atoms with Crippen LogP contribution in [0.5, 0.6) is 5.75 Å². The van der Waals surface area contributed by atoms with Crippen LogP contribution in [0.2, 0.25) is 0 Å². The highest BCUT2D eigenvalue weighted by atomic mass is 16.5. The number of methoxy groups -OCH3 is 1. The SMILES string of the molecule is COc1cc(C(=O)N2CC3CCC2[C@@H]3N)cc2nc(-c3cc4ccc(-c5ccc(NC(N)=O)cc5)nc4n3CC3CC3)n(C)c12. The molecule has 45 heavy (non-hydrogen) atoms. The molecule has 8 rings (SSSR count). The van der Waals surface area contributed by atoms with Crippen LogP contribution in [-0.2, 0) is 13.6 Å². The number of nitrogens with two attached hydrogens (primary N) is 2. The second kappa shape index (κ2) is 10.3. The number of hydrogen-bond donors (Lipinski definition) is 3. The second-order valence-corrected chi connectivity index (χ2v) is 12.7. The van der Waals surface area contributed by atoms with Gasteiger partial charge in [-0.25, -0.2) is 14.8 Å². The lowest BCUT2D eigenvalue weighted by Gasteiger charge is -2.27. The van der Waals surface area contributed by atoms with Crippen LogP contribution < -0.4 is 21.5 Å². The number of piperidine rings is 1. The maximum Gasteiger partial charge on any atom is 0.316 e. The van der Waals surface area contributed by atoms with E-state index in [4.69, 9.17) is 26.2 Å². The molecular formula is C34H36N8O3. The molecule has 3 atom stereocenters. The Morgan fingerprint density at radius 1 is 1.02 bits per heavy atom. The second-order valence-electron chi connectivity index (χ2n) is 12.7. The van der Waals surface area contributed by atoms with Gasteiger partial charge in [-0.1, -0.05) is 12.1 Å². The molecule has 1 saturated heterocycles. The van der Waals surface area contributed by atoms with Gasteiger partial charge >= 0.3 is 6.03 Å². The predicted molar refractivity (Wildman–Crippen MR) is 173 cm³/mol. The Morgan fingerprint density at radius 2 is 1.82 bits per heavy atom. The van der Waals surface area contributed by atoms with E-state index >= 15 is 0 Å². The number of hydrogen-bond acceptors (Lipinski definition) is 6. The molecule has 2 saturated carbocycles. The summed E-state index contributed by atoms with van der Waals surface area (Å²) in [6, 6.07) is 17.0. The van der Waals surface area contributed by atoms with Gasteiger partial charge in [0.25, 0.3) is 5.91 Å². The van der Waals surface area contributed by atoms with Crippen LogP contribution in [0.1, 0.15) is 36.0 Å². The van der Waals surface area contributed by atoms with E-state index in [0.717, 1.165) is 58.7 Å². The number of carbonyl (C=O) groups excluding carboxylic acids is 2. The fourth-order valence-electron chi connectivity index (χ4n) is 7.35. The third-order valence-electron chi connectivity index (χ3n) is 9.87. The van der Waals surface area contributed by atoms with E-state index in [1.807, 2.05) is 54.4 Å². The molecule has 2 aromatic carbocycles. The van der Waals surface area contributed by atoms with Crippen molar-refractivity contribution in [3.8, 4) is 28.5 Å². The Bertz CT molecular complexity index is 1990. The first-order chi connectivity index (χ1) is 21.8. The van der Waals surface area contributed by atoms with Gasteiger partial charge in [-0.15, -0.1) is 0 Å². The fraction of sp³-hybridized carbons (Fsp3) is 0.353. The molecule has 5 aromatic rings. The van der Waals surface area contributed by atoms with Gasteiger partial charge in [0.15, 0.2) is 5.82 Å². The summed E-state index contributed by atoms with van der Waals surface area (Å²) in [7, 11) is 3.63. The van der Waals surface area contributed by atoms with E-state index in [1.54, 1.807) is 7.11 Å². The molecule has 2 bridgehead atoms. The normalized spacial score (nSPS) is 20.8. The van der Waals surface area contributed by atoms with Crippen molar-refractivity contribution in [2.75, 3.05) is 19.0 Å². The van der Waals surface area contributed by atoms with Gasteiger partial charge in [0.05, 0.1) is 24.0 Å². The first-order valence-corrected chi connectivity index (χ1v) is 15.6. The van der Waals surface area contributed by atoms with Crippen molar-refractivity contribution < 1.29 is 14.3 Å². The summed E-state index contributed by atoms with van der Waals surface area (Å²) in [5.74, 6) is 2.37. The van der Waals surface area contributed by atoms with Crippen molar-refractivity contribution in [1.82, 2.24) is 24.0 Å². The summed E-state index contributed by atoms with van der Waals surface area (Å²) >= 11 is 0. The number of nitrogens with zero attached hydrogens (tertiary/aromatic N) is 5. The molecule has 11 nitrogen and oxygen atoms in total. The Hall–Kier alpha value is -4.90. The fourth-order valence-corrected chi connectivity index (χ4v) is 7.35. The van der Waals surface area contributed by atoms with Crippen molar-refractivity contribution in [3.05, 3.63) is 60.2 Å². The lowest BCUT2D eigenvalue weighted by atomic mass is 10.1. The lowest BCUT2D eigenvalue weighted by Crippen LogP contribution is -2.41. The summed E-state index contributed by atoms with van der Waals surface area (Å²) in [4.78, 5) is 37.1. The Labute approximate surface area is 260 Å². The monoisotopic (exact) mass is 604 g/mol. The summed E-state index contributed by atoms with van der Waals surface area (Å²) in [5.41, 5.74) is 18.1. The lowest BCUT2D eigenvalue weighted by molar-refractivity contribution is 0.0700. The number of amides is 3. The number of likely N-dealkylation sites (tertiary alicyclic amines) is 1. The molecule has 4 heterocycles. The van der Waals surface area contributed by atoms with E-state index < -0.39 is 6.03 Å². The minimum atomic E-state index is -0.599.